The summed E-state index contributed by atoms with van der Waals surface area (Å²) < 4.78 is 10.3. The number of ether oxygens (including phenoxy) is 2. The third-order valence-corrected chi connectivity index (χ3v) is 2.43. The predicted molar refractivity (Wildman–Crippen MR) is 78.8 cm³/mol. The molecule has 0 saturated carbocycles. The van der Waals surface area contributed by atoms with Crippen LogP contribution in [-0.2, 0) is 11.3 Å². The summed E-state index contributed by atoms with van der Waals surface area (Å²) in [6.07, 6.45) is -0.588. The summed E-state index contributed by atoms with van der Waals surface area (Å²) in [4.78, 5) is 21.7. The average Bonchev–Trinajstić information content (AvgIpc) is 2.41. The van der Waals surface area contributed by atoms with E-state index in [4.69, 9.17) is 14.6 Å². The lowest BCUT2D eigenvalue weighted by Crippen LogP contribution is -2.34. The van der Waals surface area contributed by atoms with E-state index in [1.165, 1.54) is 18.2 Å². The fourth-order valence-electron chi connectivity index (χ4n) is 1.55. The van der Waals surface area contributed by atoms with Crippen molar-refractivity contribution >= 4 is 11.8 Å². The molecule has 8 heteroatoms. The average molecular weight is 312 g/mol. The first-order valence-electron chi connectivity index (χ1n) is 6.71. The number of amides is 1. The number of alkyl carbamates (subject to hydrolysis) is 1. The Hall–Kier alpha value is -2.35. The van der Waals surface area contributed by atoms with E-state index in [1.54, 1.807) is 20.8 Å². The highest BCUT2D eigenvalue weighted by molar-refractivity contribution is 5.67. The first-order valence-corrected chi connectivity index (χ1v) is 6.71. The van der Waals surface area contributed by atoms with E-state index < -0.39 is 16.6 Å². The van der Waals surface area contributed by atoms with Crippen LogP contribution in [0.25, 0.3) is 0 Å². The summed E-state index contributed by atoms with van der Waals surface area (Å²) in [5.41, 5.74) is -0.297. The van der Waals surface area contributed by atoms with Gasteiger partial charge in [0.1, 0.15) is 12.2 Å². The molecule has 1 aromatic rings. The molecule has 1 amide bonds. The van der Waals surface area contributed by atoms with Gasteiger partial charge in [-0.15, -0.1) is 0 Å². The maximum absolute atomic E-state index is 11.4. The van der Waals surface area contributed by atoms with Gasteiger partial charge in [0, 0.05) is 6.07 Å². The van der Waals surface area contributed by atoms with Crippen molar-refractivity contribution in [1.82, 2.24) is 5.32 Å². The Labute approximate surface area is 128 Å². The lowest BCUT2D eigenvalue weighted by Gasteiger charge is -2.19. The van der Waals surface area contributed by atoms with Crippen LogP contribution in [0.15, 0.2) is 18.2 Å². The molecule has 22 heavy (non-hydrogen) atoms. The number of nitro benzene ring substituents is 1. The Balaban J connectivity index is 2.54. The number of carbonyl (C=O) groups excluding carboxylic acids is 1. The maximum Gasteiger partial charge on any atom is 0.407 e. The van der Waals surface area contributed by atoms with Crippen molar-refractivity contribution < 1.29 is 24.3 Å². The summed E-state index contributed by atoms with van der Waals surface area (Å²) in [6.45, 7) is 5.15. The van der Waals surface area contributed by atoms with Crippen LogP contribution in [-0.4, -0.2) is 34.9 Å². The van der Waals surface area contributed by atoms with Crippen LogP contribution in [0.2, 0.25) is 0 Å². The number of hydrogen-bond acceptors (Lipinski definition) is 6. The lowest BCUT2D eigenvalue weighted by atomic mass is 10.2. The number of rotatable bonds is 6. The van der Waals surface area contributed by atoms with Gasteiger partial charge in [-0.3, -0.25) is 10.1 Å². The van der Waals surface area contributed by atoms with E-state index in [0.717, 1.165) is 0 Å². The minimum Gasteiger partial charge on any atom is -0.485 e. The largest absolute Gasteiger partial charge is 0.485 e. The van der Waals surface area contributed by atoms with Gasteiger partial charge < -0.3 is 19.9 Å². The fourth-order valence-corrected chi connectivity index (χ4v) is 1.55. The molecule has 1 aromatic carbocycles. The Morgan fingerprint density at radius 1 is 1.41 bits per heavy atom. The van der Waals surface area contributed by atoms with Gasteiger partial charge in [-0.1, -0.05) is 0 Å². The van der Waals surface area contributed by atoms with Crippen LogP contribution in [0, 0.1) is 10.1 Å². The highest BCUT2D eigenvalue weighted by Gasteiger charge is 2.17. The van der Waals surface area contributed by atoms with Crippen LogP contribution < -0.4 is 10.1 Å². The molecule has 0 saturated heterocycles. The van der Waals surface area contributed by atoms with Crippen molar-refractivity contribution in [3.8, 4) is 5.75 Å². The van der Waals surface area contributed by atoms with Gasteiger partial charge in [-0.2, -0.15) is 0 Å². The molecule has 0 radical (unpaired) electrons. The minimum absolute atomic E-state index is 0.0367. The van der Waals surface area contributed by atoms with Gasteiger partial charge in [0.15, 0.2) is 5.75 Å². The summed E-state index contributed by atoms with van der Waals surface area (Å²) >= 11 is 0. The molecule has 0 aliphatic carbocycles. The Kier molecular flexibility index (Phi) is 6.11. The van der Waals surface area contributed by atoms with Crippen molar-refractivity contribution in [2.45, 2.75) is 33.0 Å². The van der Waals surface area contributed by atoms with Crippen molar-refractivity contribution in [2.24, 2.45) is 0 Å². The van der Waals surface area contributed by atoms with E-state index >= 15 is 0 Å². The van der Waals surface area contributed by atoms with Crippen LogP contribution in [0.3, 0.4) is 0 Å². The number of hydrogen-bond donors (Lipinski definition) is 2. The molecule has 0 unspecified atom stereocenters. The first-order chi connectivity index (χ1) is 10.2. The molecule has 0 bridgehead atoms. The second-order valence-electron chi connectivity index (χ2n) is 5.49. The molecule has 0 spiro atoms. The molecular formula is C14H20N2O6. The zero-order valence-electron chi connectivity index (χ0n) is 12.8. The molecule has 0 aromatic heterocycles. The summed E-state index contributed by atoms with van der Waals surface area (Å²) in [7, 11) is 0. The van der Waals surface area contributed by atoms with E-state index in [-0.39, 0.29) is 31.2 Å². The highest BCUT2D eigenvalue weighted by atomic mass is 16.6. The molecule has 0 aliphatic heterocycles. The summed E-state index contributed by atoms with van der Waals surface area (Å²) in [5, 5.41) is 22.4. The van der Waals surface area contributed by atoms with Gasteiger partial charge in [-0.05, 0) is 38.5 Å². The summed E-state index contributed by atoms with van der Waals surface area (Å²) in [6, 6.07) is 4.11. The first kappa shape index (κ1) is 17.7. The molecular weight excluding hydrogens is 292 g/mol. The van der Waals surface area contributed by atoms with Crippen LogP contribution in [0.1, 0.15) is 26.3 Å². The SMILES string of the molecule is CC(C)(C)OC(=O)NCCOc1cc(CO)ccc1[N+](=O)[O-]. The number of aliphatic hydroxyl groups is 1. The van der Waals surface area contributed by atoms with E-state index in [9.17, 15) is 14.9 Å². The fraction of sp³-hybridized carbons (Fsp3) is 0.500. The minimum atomic E-state index is -0.598. The maximum atomic E-state index is 11.4. The number of nitrogens with zero attached hydrogens (tertiary/aromatic N) is 1. The molecule has 8 nitrogen and oxygen atoms in total. The van der Waals surface area contributed by atoms with Gasteiger partial charge in [-0.25, -0.2) is 4.79 Å². The molecule has 0 heterocycles. The molecule has 0 fully saturated rings. The number of benzene rings is 1. The normalized spacial score (nSPS) is 10.9. The molecule has 0 aliphatic rings. The van der Waals surface area contributed by atoms with Crippen molar-refractivity contribution in [3.05, 3.63) is 33.9 Å². The molecule has 1 rings (SSSR count). The van der Waals surface area contributed by atoms with Crippen LogP contribution >= 0.6 is 0 Å². The van der Waals surface area contributed by atoms with Gasteiger partial charge >= 0.3 is 11.8 Å². The number of carbonyl (C=O) groups is 1. The molecule has 0 atom stereocenters. The Morgan fingerprint density at radius 3 is 2.64 bits per heavy atom. The Morgan fingerprint density at radius 2 is 2.09 bits per heavy atom. The summed E-state index contributed by atoms with van der Waals surface area (Å²) in [5.74, 6) is 0.0440. The van der Waals surface area contributed by atoms with Crippen LogP contribution in [0.5, 0.6) is 5.75 Å². The van der Waals surface area contributed by atoms with Crippen LogP contribution in [0.4, 0.5) is 10.5 Å². The number of nitrogens with one attached hydrogen (secondary N) is 1. The smallest absolute Gasteiger partial charge is 0.407 e. The Bertz CT molecular complexity index is 539. The topological polar surface area (TPSA) is 111 Å². The lowest BCUT2D eigenvalue weighted by molar-refractivity contribution is -0.385. The van der Waals surface area contributed by atoms with E-state index in [1.807, 2.05) is 0 Å². The highest BCUT2D eigenvalue weighted by Crippen LogP contribution is 2.27. The molecule has 122 valence electrons. The number of aliphatic hydroxyl groups excluding tert-OH is 1. The third-order valence-electron chi connectivity index (χ3n) is 2.43. The van der Waals surface area contributed by atoms with Crippen molar-refractivity contribution in [2.75, 3.05) is 13.2 Å². The predicted octanol–water partition coefficient (Wildman–Crippen LogP) is 1.99. The second kappa shape index (κ2) is 7.60. The quantitative estimate of drug-likeness (QED) is 0.472. The van der Waals surface area contributed by atoms with E-state index in [0.29, 0.717) is 5.56 Å². The van der Waals surface area contributed by atoms with Crippen molar-refractivity contribution in [3.63, 3.8) is 0 Å². The van der Waals surface area contributed by atoms with Crippen molar-refractivity contribution in [1.29, 1.82) is 0 Å². The van der Waals surface area contributed by atoms with Gasteiger partial charge in [0.2, 0.25) is 0 Å². The second-order valence-corrected chi connectivity index (χ2v) is 5.49. The van der Waals surface area contributed by atoms with E-state index in [2.05, 4.69) is 5.32 Å². The number of nitro groups is 1. The molecule has 2 N–H and O–H groups in total. The third kappa shape index (κ3) is 5.96. The standard InChI is InChI=1S/C14H20N2O6/c1-14(2,3)22-13(18)15-6-7-21-12-8-10(9-17)4-5-11(12)16(19)20/h4-5,8,17H,6-7,9H2,1-3H3,(H,15,18). The monoisotopic (exact) mass is 312 g/mol. The zero-order chi connectivity index (χ0) is 16.8. The van der Waals surface area contributed by atoms with Gasteiger partial charge in [0.25, 0.3) is 0 Å². The van der Waals surface area contributed by atoms with Gasteiger partial charge in [0.05, 0.1) is 18.1 Å². The zero-order valence-corrected chi connectivity index (χ0v) is 12.8.